The second kappa shape index (κ2) is 8.67. The Balaban J connectivity index is 1.60. The summed E-state index contributed by atoms with van der Waals surface area (Å²) in [6, 6.07) is 13.5. The van der Waals surface area contributed by atoms with Gasteiger partial charge in [0.15, 0.2) is 5.17 Å². The third kappa shape index (κ3) is 4.56. The molecule has 0 bridgehead atoms. The van der Waals surface area contributed by atoms with Crippen LogP contribution in [0.5, 0.6) is 0 Å². The summed E-state index contributed by atoms with van der Waals surface area (Å²) in [7, 11) is 0. The molecule has 0 aliphatic carbocycles. The standard InChI is InChI=1S/C23H20ClF3N4S/c1-13-4-7-17(8-5-13)31-14(2)10-18(15(31)3)21-12-32-22(30-29-21)28-20-11-16(23(25,26)27)6-9-19(20)24/h4-11H,12H2,1-3H3,(H,28,30). The van der Waals surface area contributed by atoms with Gasteiger partial charge in [-0.25, -0.2) is 4.99 Å². The van der Waals surface area contributed by atoms with E-state index in [0.29, 0.717) is 10.9 Å². The number of hydrogen-bond donors (Lipinski definition) is 1. The maximum absolute atomic E-state index is 13.0. The van der Waals surface area contributed by atoms with E-state index < -0.39 is 11.7 Å². The summed E-state index contributed by atoms with van der Waals surface area (Å²) in [5.41, 5.74) is 8.39. The molecular formula is C23H20ClF3N4S. The van der Waals surface area contributed by atoms with Crippen molar-refractivity contribution in [1.29, 1.82) is 0 Å². The van der Waals surface area contributed by atoms with Crippen molar-refractivity contribution in [1.82, 2.24) is 9.99 Å². The number of benzene rings is 2. The quantitative estimate of drug-likeness (QED) is 0.451. The van der Waals surface area contributed by atoms with Gasteiger partial charge in [-0.3, -0.25) is 5.43 Å². The Hall–Kier alpha value is -2.71. The van der Waals surface area contributed by atoms with Gasteiger partial charge in [-0.2, -0.15) is 18.3 Å². The number of alkyl halides is 3. The summed E-state index contributed by atoms with van der Waals surface area (Å²) >= 11 is 7.41. The average molecular weight is 477 g/mol. The predicted octanol–water partition coefficient (Wildman–Crippen LogP) is 6.80. The summed E-state index contributed by atoms with van der Waals surface area (Å²) in [6.45, 7) is 6.14. The number of aliphatic imine (C=N–C) groups is 1. The van der Waals surface area contributed by atoms with Crippen molar-refractivity contribution in [3.05, 3.63) is 81.6 Å². The van der Waals surface area contributed by atoms with Crippen LogP contribution in [0.15, 0.2) is 58.6 Å². The number of hydrazone groups is 1. The van der Waals surface area contributed by atoms with Gasteiger partial charge >= 0.3 is 6.18 Å². The lowest BCUT2D eigenvalue weighted by Crippen LogP contribution is -2.25. The number of rotatable bonds is 3. The molecule has 9 heteroatoms. The van der Waals surface area contributed by atoms with E-state index in [9.17, 15) is 13.2 Å². The highest BCUT2D eigenvalue weighted by Crippen LogP contribution is 2.35. The number of halogens is 4. The molecule has 1 aromatic heterocycles. The Labute approximate surface area is 193 Å². The highest BCUT2D eigenvalue weighted by Gasteiger charge is 2.31. The first-order valence-electron chi connectivity index (χ1n) is 9.80. The zero-order valence-corrected chi connectivity index (χ0v) is 19.2. The van der Waals surface area contributed by atoms with Crippen LogP contribution < -0.4 is 5.43 Å². The molecule has 1 aliphatic heterocycles. The average Bonchev–Trinajstić information content (AvgIpc) is 3.04. The van der Waals surface area contributed by atoms with Crippen LogP contribution >= 0.6 is 23.4 Å². The maximum Gasteiger partial charge on any atom is 0.416 e. The summed E-state index contributed by atoms with van der Waals surface area (Å²) in [5.74, 6) is 0.528. The van der Waals surface area contributed by atoms with E-state index >= 15 is 0 Å². The smallest absolute Gasteiger partial charge is 0.318 e. The topological polar surface area (TPSA) is 41.7 Å². The number of hydrogen-bond acceptors (Lipinski definition) is 3. The fraction of sp³-hybridized carbons (Fsp3) is 0.217. The van der Waals surface area contributed by atoms with Gasteiger partial charge in [0.05, 0.1) is 22.0 Å². The van der Waals surface area contributed by atoms with E-state index in [1.807, 2.05) is 13.8 Å². The van der Waals surface area contributed by atoms with E-state index in [1.165, 1.54) is 23.4 Å². The van der Waals surface area contributed by atoms with Gasteiger partial charge < -0.3 is 4.57 Å². The van der Waals surface area contributed by atoms with Gasteiger partial charge in [0.1, 0.15) is 0 Å². The Kier molecular flexibility index (Phi) is 6.09. The zero-order valence-electron chi connectivity index (χ0n) is 17.6. The summed E-state index contributed by atoms with van der Waals surface area (Å²) in [5, 5.41) is 4.97. The summed E-state index contributed by atoms with van der Waals surface area (Å²) < 4.78 is 41.2. The van der Waals surface area contributed by atoms with Crippen LogP contribution in [0.1, 0.15) is 28.1 Å². The van der Waals surface area contributed by atoms with E-state index in [0.717, 1.165) is 40.5 Å². The fourth-order valence-electron chi connectivity index (χ4n) is 3.54. The molecule has 0 radical (unpaired) electrons. The minimum atomic E-state index is -4.46. The van der Waals surface area contributed by atoms with Crippen molar-refractivity contribution >= 4 is 39.9 Å². The number of aromatic nitrogens is 1. The molecule has 4 nitrogen and oxygen atoms in total. The van der Waals surface area contributed by atoms with Gasteiger partial charge in [-0.15, -0.1) is 0 Å². The monoisotopic (exact) mass is 476 g/mol. The van der Waals surface area contributed by atoms with E-state index in [1.54, 1.807) is 0 Å². The molecule has 0 saturated heterocycles. The molecule has 32 heavy (non-hydrogen) atoms. The van der Waals surface area contributed by atoms with Gasteiger partial charge in [0.2, 0.25) is 0 Å². The molecule has 166 valence electrons. The molecule has 2 heterocycles. The van der Waals surface area contributed by atoms with Gasteiger partial charge in [0.25, 0.3) is 0 Å². The zero-order chi connectivity index (χ0) is 23.0. The Morgan fingerprint density at radius 3 is 2.41 bits per heavy atom. The lowest BCUT2D eigenvalue weighted by molar-refractivity contribution is -0.137. The second-order valence-corrected chi connectivity index (χ2v) is 8.87. The van der Waals surface area contributed by atoms with Crippen LogP contribution in [-0.2, 0) is 6.18 Å². The highest BCUT2D eigenvalue weighted by molar-refractivity contribution is 8.14. The number of aryl methyl sites for hydroxylation is 2. The lowest BCUT2D eigenvalue weighted by Gasteiger charge is -2.16. The van der Waals surface area contributed by atoms with Crippen molar-refractivity contribution in [2.24, 2.45) is 10.1 Å². The minimum Gasteiger partial charge on any atom is -0.318 e. The third-order valence-electron chi connectivity index (χ3n) is 5.16. The largest absolute Gasteiger partial charge is 0.416 e. The van der Waals surface area contributed by atoms with Crippen molar-refractivity contribution in [2.45, 2.75) is 26.9 Å². The van der Waals surface area contributed by atoms with Crippen LogP contribution in [0, 0.1) is 20.8 Å². The van der Waals surface area contributed by atoms with Crippen molar-refractivity contribution in [2.75, 3.05) is 5.75 Å². The van der Waals surface area contributed by atoms with Crippen LogP contribution in [-0.4, -0.2) is 21.2 Å². The third-order valence-corrected chi connectivity index (χ3v) is 6.36. The van der Waals surface area contributed by atoms with E-state index in [2.05, 4.69) is 57.3 Å². The molecule has 0 saturated carbocycles. The lowest BCUT2D eigenvalue weighted by atomic mass is 10.1. The predicted molar refractivity (Wildman–Crippen MR) is 126 cm³/mol. The first-order valence-corrected chi connectivity index (χ1v) is 11.2. The van der Waals surface area contributed by atoms with Gasteiger partial charge in [-0.1, -0.05) is 41.1 Å². The highest BCUT2D eigenvalue weighted by atomic mass is 35.5. The SMILES string of the molecule is Cc1ccc(-n2c(C)cc(C3=NNC(=Nc4cc(C(F)(F)F)ccc4Cl)SC3)c2C)cc1. The molecule has 4 rings (SSSR count). The van der Waals surface area contributed by atoms with Crippen LogP contribution in [0.3, 0.4) is 0 Å². The molecule has 1 N–H and O–H groups in total. The summed E-state index contributed by atoms with van der Waals surface area (Å²) in [4.78, 5) is 4.25. The molecule has 0 amide bonds. The number of thioether (sulfide) groups is 1. The normalized spacial score (nSPS) is 15.6. The van der Waals surface area contributed by atoms with E-state index in [4.69, 9.17) is 11.6 Å². The minimum absolute atomic E-state index is 0.0488. The molecular weight excluding hydrogens is 457 g/mol. The molecule has 0 fully saturated rings. The van der Waals surface area contributed by atoms with E-state index in [-0.39, 0.29) is 10.7 Å². The van der Waals surface area contributed by atoms with Gasteiger partial charge in [0, 0.05) is 28.4 Å². The first-order chi connectivity index (χ1) is 15.1. The Morgan fingerprint density at radius 1 is 1.06 bits per heavy atom. The molecule has 2 aromatic carbocycles. The molecule has 0 unspecified atom stereocenters. The van der Waals surface area contributed by atoms with Crippen molar-refractivity contribution < 1.29 is 13.2 Å². The molecule has 1 aliphatic rings. The van der Waals surface area contributed by atoms with Gasteiger partial charge in [-0.05, 0) is 57.2 Å². The maximum atomic E-state index is 13.0. The van der Waals surface area contributed by atoms with Crippen LogP contribution in [0.4, 0.5) is 18.9 Å². The van der Waals surface area contributed by atoms with Crippen LogP contribution in [0.25, 0.3) is 5.69 Å². The van der Waals surface area contributed by atoms with Crippen molar-refractivity contribution in [3.8, 4) is 5.69 Å². The Bertz CT molecular complexity index is 1230. The Morgan fingerprint density at radius 2 is 1.78 bits per heavy atom. The molecule has 0 atom stereocenters. The van der Waals surface area contributed by atoms with Crippen LogP contribution in [0.2, 0.25) is 5.02 Å². The van der Waals surface area contributed by atoms with Crippen molar-refractivity contribution in [3.63, 3.8) is 0 Å². The molecule has 3 aromatic rings. The number of nitrogens with one attached hydrogen (secondary N) is 1. The molecule has 0 spiro atoms. The second-order valence-electron chi connectivity index (χ2n) is 7.50. The fourth-order valence-corrected chi connectivity index (χ4v) is 4.47. The number of nitrogens with zero attached hydrogens (tertiary/aromatic N) is 3. The summed E-state index contributed by atoms with van der Waals surface area (Å²) in [6.07, 6.45) is -4.46. The first kappa shape index (κ1) is 22.5. The number of amidine groups is 1.